The second-order valence-corrected chi connectivity index (χ2v) is 4.54. The maximum Gasteiger partial charge on any atom is 0.183 e. The summed E-state index contributed by atoms with van der Waals surface area (Å²) in [6, 6.07) is 10.2. The van der Waals surface area contributed by atoms with Crippen molar-refractivity contribution in [3.05, 3.63) is 35.7 Å². The molecule has 0 spiro atoms. The second kappa shape index (κ2) is 6.37. The minimum Gasteiger partial charge on any atom is -0.385 e. The fourth-order valence-electron chi connectivity index (χ4n) is 1.51. The summed E-state index contributed by atoms with van der Waals surface area (Å²) in [4.78, 5) is 4.54. The smallest absolute Gasteiger partial charge is 0.183 e. The number of methoxy groups -OCH3 is 1. The predicted octanol–water partition coefficient (Wildman–Crippen LogP) is 3.26. The molecule has 0 aliphatic heterocycles. The van der Waals surface area contributed by atoms with Crippen molar-refractivity contribution in [2.45, 2.75) is 6.42 Å². The quantitative estimate of drug-likeness (QED) is 0.797. The molecule has 1 heterocycles. The lowest BCUT2D eigenvalue weighted by Crippen LogP contribution is -2.04. The van der Waals surface area contributed by atoms with E-state index in [9.17, 15) is 0 Å². The molecule has 1 aromatic carbocycles. The van der Waals surface area contributed by atoms with E-state index >= 15 is 0 Å². The van der Waals surface area contributed by atoms with Gasteiger partial charge in [0.05, 0.1) is 5.69 Å². The topological polar surface area (TPSA) is 34.1 Å². The SMILES string of the molecule is COCCCNc1nc(-c2ccccc2)cs1. The third-order valence-electron chi connectivity index (χ3n) is 2.38. The van der Waals surface area contributed by atoms with Crippen LogP contribution in [0.1, 0.15) is 6.42 Å². The van der Waals surface area contributed by atoms with Gasteiger partial charge in [0, 0.05) is 31.2 Å². The van der Waals surface area contributed by atoms with E-state index in [1.807, 2.05) is 18.2 Å². The summed E-state index contributed by atoms with van der Waals surface area (Å²) < 4.78 is 5.00. The lowest BCUT2D eigenvalue weighted by molar-refractivity contribution is 0.198. The zero-order valence-electron chi connectivity index (χ0n) is 9.85. The number of thiazole rings is 1. The highest BCUT2D eigenvalue weighted by Crippen LogP contribution is 2.24. The summed E-state index contributed by atoms with van der Waals surface area (Å²) in [5, 5.41) is 6.35. The molecule has 0 bridgehead atoms. The molecule has 1 aromatic heterocycles. The first-order chi connectivity index (χ1) is 8.40. The first-order valence-corrected chi connectivity index (χ1v) is 6.52. The van der Waals surface area contributed by atoms with Gasteiger partial charge in [-0.2, -0.15) is 0 Å². The zero-order chi connectivity index (χ0) is 11.9. The fourth-order valence-corrected chi connectivity index (χ4v) is 2.26. The first-order valence-electron chi connectivity index (χ1n) is 5.64. The minimum absolute atomic E-state index is 0.782. The van der Waals surface area contributed by atoms with Gasteiger partial charge in [-0.05, 0) is 6.42 Å². The molecular weight excluding hydrogens is 232 g/mol. The van der Waals surface area contributed by atoms with E-state index in [-0.39, 0.29) is 0 Å². The van der Waals surface area contributed by atoms with Gasteiger partial charge in [-0.15, -0.1) is 11.3 Å². The van der Waals surface area contributed by atoms with Gasteiger partial charge in [0.1, 0.15) is 0 Å². The average Bonchev–Trinajstić information content (AvgIpc) is 2.85. The molecule has 0 amide bonds. The molecule has 2 aromatic rings. The number of anilines is 1. The van der Waals surface area contributed by atoms with Crippen molar-refractivity contribution in [3.8, 4) is 11.3 Å². The molecule has 2 rings (SSSR count). The number of nitrogens with zero attached hydrogens (tertiary/aromatic N) is 1. The van der Waals surface area contributed by atoms with Crippen molar-refractivity contribution >= 4 is 16.5 Å². The Bertz CT molecular complexity index is 442. The number of benzene rings is 1. The van der Waals surface area contributed by atoms with Gasteiger partial charge < -0.3 is 10.1 Å². The van der Waals surface area contributed by atoms with Crippen LogP contribution >= 0.6 is 11.3 Å². The average molecular weight is 248 g/mol. The summed E-state index contributed by atoms with van der Waals surface area (Å²) in [6.07, 6.45) is 0.997. The van der Waals surface area contributed by atoms with E-state index in [1.165, 1.54) is 0 Å². The van der Waals surface area contributed by atoms with Crippen LogP contribution in [-0.4, -0.2) is 25.2 Å². The second-order valence-electron chi connectivity index (χ2n) is 3.68. The van der Waals surface area contributed by atoms with Gasteiger partial charge in [-0.3, -0.25) is 0 Å². The van der Waals surface area contributed by atoms with Gasteiger partial charge in [0.2, 0.25) is 0 Å². The van der Waals surface area contributed by atoms with Crippen molar-refractivity contribution in [3.63, 3.8) is 0 Å². The molecule has 3 nitrogen and oxygen atoms in total. The van der Waals surface area contributed by atoms with Crippen LogP contribution in [0.25, 0.3) is 11.3 Å². The molecular formula is C13H16N2OS. The Morgan fingerprint density at radius 2 is 2.12 bits per heavy atom. The molecule has 0 fully saturated rings. The van der Waals surface area contributed by atoms with Crippen molar-refractivity contribution in [2.75, 3.05) is 25.6 Å². The highest BCUT2D eigenvalue weighted by molar-refractivity contribution is 7.14. The lowest BCUT2D eigenvalue weighted by Gasteiger charge is -2.01. The fraction of sp³-hybridized carbons (Fsp3) is 0.308. The van der Waals surface area contributed by atoms with Crippen LogP contribution in [0.15, 0.2) is 35.7 Å². The van der Waals surface area contributed by atoms with E-state index in [4.69, 9.17) is 4.74 Å². The van der Waals surface area contributed by atoms with Gasteiger partial charge in [0.15, 0.2) is 5.13 Å². The Balaban J connectivity index is 1.92. The van der Waals surface area contributed by atoms with E-state index < -0.39 is 0 Å². The Morgan fingerprint density at radius 1 is 1.29 bits per heavy atom. The van der Waals surface area contributed by atoms with E-state index in [0.717, 1.165) is 36.0 Å². The summed E-state index contributed by atoms with van der Waals surface area (Å²) in [5.41, 5.74) is 2.19. The number of ether oxygens (including phenoxy) is 1. The summed E-state index contributed by atoms with van der Waals surface area (Å²) in [6.45, 7) is 1.68. The van der Waals surface area contributed by atoms with Crippen LogP contribution in [0.2, 0.25) is 0 Å². The Hall–Kier alpha value is -1.39. The molecule has 0 saturated carbocycles. The van der Waals surface area contributed by atoms with E-state index in [2.05, 4.69) is 27.8 Å². The van der Waals surface area contributed by atoms with Crippen molar-refractivity contribution in [1.82, 2.24) is 4.98 Å². The van der Waals surface area contributed by atoms with E-state index in [1.54, 1.807) is 18.4 Å². The number of hydrogen-bond donors (Lipinski definition) is 1. The van der Waals surface area contributed by atoms with Crippen molar-refractivity contribution in [1.29, 1.82) is 0 Å². The largest absolute Gasteiger partial charge is 0.385 e. The van der Waals surface area contributed by atoms with E-state index in [0.29, 0.717) is 0 Å². The third kappa shape index (κ3) is 3.54. The molecule has 0 aliphatic rings. The molecule has 1 N–H and O–H groups in total. The van der Waals surface area contributed by atoms with Crippen LogP contribution in [0.4, 0.5) is 5.13 Å². The van der Waals surface area contributed by atoms with Gasteiger partial charge in [-0.1, -0.05) is 30.3 Å². The summed E-state index contributed by atoms with van der Waals surface area (Å²) >= 11 is 1.64. The molecule has 0 radical (unpaired) electrons. The number of rotatable bonds is 6. The van der Waals surface area contributed by atoms with Crippen LogP contribution in [0.5, 0.6) is 0 Å². The molecule has 0 atom stereocenters. The molecule has 4 heteroatoms. The monoisotopic (exact) mass is 248 g/mol. The Kier molecular flexibility index (Phi) is 4.53. The molecule has 0 aliphatic carbocycles. The summed E-state index contributed by atoms with van der Waals surface area (Å²) in [7, 11) is 1.72. The third-order valence-corrected chi connectivity index (χ3v) is 3.18. The highest BCUT2D eigenvalue weighted by Gasteiger charge is 2.02. The number of aromatic nitrogens is 1. The highest BCUT2D eigenvalue weighted by atomic mass is 32.1. The zero-order valence-corrected chi connectivity index (χ0v) is 10.7. The maximum absolute atomic E-state index is 5.00. The Labute approximate surface area is 105 Å². The lowest BCUT2D eigenvalue weighted by atomic mass is 10.2. The normalized spacial score (nSPS) is 10.4. The van der Waals surface area contributed by atoms with Gasteiger partial charge >= 0.3 is 0 Å². The Morgan fingerprint density at radius 3 is 2.88 bits per heavy atom. The van der Waals surface area contributed by atoms with Gasteiger partial charge in [0.25, 0.3) is 0 Å². The molecule has 90 valence electrons. The van der Waals surface area contributed by atoms with Crippen molar-refractivity contribution in [2.24, 2.45) is 0 Å². The number of hydrogen-bond acceptors (Lipinski definition) is 4. The van der Waals surface area contributed by atoms with Gasteiger partial charge in [-0.25, -0.2) is 4.98 Å². The van der Waals surface area contributed by atoms with Crippen molar-refractivity contribution < 1.29 is 4.74 Å². The summed E-state index contributed by atoms with van der Waals surface area (Å²) in [5.74, 6) is 0. The van der Waals surface area contributed by atoms with Crippen LogP contribution in [0, 0.1) is 0 Å². The molecule has 0 unspecified atom stereocenters. The standard InChI is InChI=1S/C13H16N2OS/c1-16-9-5-8-14-13-15-12(10-17-13)11-6-3-2-4-7-11/h2-4,6-7,10H,5,8-9H2,1H3,(H,14,15). The van der Waals surface area contributed by atoms with Crippen LogP contribution in [0.3, 0.4) is 0 Å². The van der Waals surface area contributed by atoms with Crippen LogP contribution in [-0.2, 0) is 4.74 Å². The van der Waals surface area contributed by atoms with Crippen LogP contribution < -0.4 is 5.32 Å². The minimum atomic E-state index is 0.782. The maximum atomic E-state index is 5.00. The molecule has 17 heavy (non-hydrogen) atoms. The predicted molar refractivity (Wildman–Crippen MR) is 72.5 cm³/mol. The first kappa shape index (κ1) is 12.1. The number of nitrogens with one attached hydrogen (secondary N) is 1. The molecule has 0 saturated heterocycles.